The Balaban J connectivity index is 4.06. The highest BCUT2D eigenvalue weighted by atomic mass is 16.5. The van der Waals surface area contributed by atoms with Gasteiger partial charge >= 0.3 is 0 Å². The van der Waals surface area contributed by atoms with E-state index in [1.54, 1.807) is 0 Å². The van der Waals surface area contributed by atoms with Crippen LogP contribution in [0.4, 0.5) is 0 Å². The SMILES string of the molecule is C/C(OC(C)C)=C(/C)OC(C)C. The van der Waals surface area contributed by atoms with Crippen molar-refractivity contribution in [2.45, 2.75) is 53.8 Å². The second-order valence-electron chi connectivity index (χ2n) is 3.45. The van der Waals surface area contributed by atoms with Crippen molar-refractivity contribution < 1.29 is 9.47 Å². The second-order valence-corrected chi connectivity index (χ2v) is 3.45. The smallest absolute Gasteiger partial charge is 0.130 e. The van der Waals surface area contributed by atoms with Crippen molar-refractivity contribution in [1.29, 1.82) is 0 Å². The Morgan fingerprint density at radius 1 is 0.750 bits per heavy atom. The number of rotatable bonds is 4. The van der Waals surface area contributed by atoms with Crippen molar-refractivity contribution in [3.8, 4) is 0 Å². The molecule has 0 unspecified atom stereocenters. The van der Waals surface area contributed by atoms with E-state index in [1.165, 1.54) is 0 Å². The summed E-state index contributed by atoms with van der Waals surface area (Å²) < 4.78 is 10.9. The molecule has 0 spiro atoms. The van der Waals surface area contributed by atoms with Crippen molar-refractivity contribution in [3.05, 3.63) is 11.5 Å². The summed E-state index contributed by atoms with van der Waals surface area (Å²) in [5, 5.41) is 0. The summed E-state index contributed by atoms with van der Waals surface area (Å²) in [4.78, 5) is 0. The van der Waals surface area contributed by atoms with Crippen LogP contribution >= 0.6 is 0 Å². The highest BCUT2D eigenvalue weighted by Gasteiger charge is 2.03. The van der Waals surface area contributed by atoms with Crippen LogP contribution in [0.15, 0.2) is 11.5 Å². The summed E-state index contributed by atoms with van der Waals surface area (Å²) in [6.45, 7) is 11.9. The van der Waals surface area contributed by atoms with Crippen LogP contribution in [-0.4, -0.2) is 12.2 Å². The molecule has 0 atom stereocenters. The molecule has 0 aliphatic rings. The van der Waals surface area contributed by atoms with Gasteiger partial charge in [-0.3, -0.25) is 0 Å². The van der Waals surface area contributed by atoms with Gasteiger partial charge in [-0.25, -0.2) is 0 Å². The lowest BCUT2D eigenvalue weighted by atomic mass is 10.4. The monoisotopic (exact) mass is 172 g/mol. The second kappa shape index (κ2) is 5.07. The topological polar surface area (TPSA) is 18.5 Å². The highest BCUT2D eigenvalue weighted by molar-refractivity contribution is 4.95. The number of hydrogen-bond donors (Lipinski definition) is 0. The Hall–Kier alpha value is -0.660. The maximum atomic E-state index is 5.47. The molecule has 0 aromatic heterocycles. The minimum Gasteiger partial charge on any atom is -0.492 e. The first-order valence-corrected chi connectivity index (χ1v) is 4.44. The first-order valence-electron chi connectivity index (χ1n) is 4.44. The minimum atomic E-state index is 0.218. The maximum Gasteiger partial charge on any atom is 0.130 e. The van der Waals surface area contributed by atoms with Gasteiger partial charge in [-0.15, -0.1) is 0 Å². The summed E-state index contributed by atoms with van der Waals surface area (Å²) in [5.74, 6) is 1.75. The molecule has 0 aromatic rings. The van der Waals surface area contributed by atoms with Gasteiger partial charge in [0.15, 0.2) is 0 Å². The molecule has 0 aliphatic carbocycles. The van der Waals surface area contributed by atoms with E-state index in [-0.39, 0.29) is 12.2 Å². The van der Waals surface area contributed by atoms with Crippen molar-refractivity contribution in [1.82, 2.24) is 0 Å². The molecule has 0 rings (SSSR count). The van der Waals surface area contributed by atoms with Crippen LogP contribution in [-0.2, 0) is 9.47 Å². The molecule has 72 valence electrons. The summed E-state index contributed by atoms with van der Waals surface area (Å²) in [5.41, 5.74) is 0. The van der Waals surface area contributed by atoms with Crippen LogP contribution in [0, 0.1) is 0 Å². The van der Waals surface area contributed by atoms with Crippen LogP contribution in [0.1, 0.15) is 41.5 Å². The van der Waals surface area contributed by atoms with E-state index in [2.05, 4.69) is 0 Å². The Morgan fingerprint density at radius 3 is 1.17 bits per heavy atom. The van der Waals surface area contributed by atoms with Gasteiger partial charge < -0.3 is 9.47 Å². The zero-order valence-electron chi connectivity index (χ0n) is 8.97. The normalized spacial score (nSPS) is 13.3. The van der Waals surface area contributed by atoms with Gasteiger partial charge in [0.2, 0.25) is 0 Å². The van der Waals surface area contributed by atoms with E-state index in [0.29, 0.717) is 0 Å². The van der Waals surface area contributed by atoms with E-state index in [0.717, 1.165) is 11.5 Å². The van der Waals surface area contributed by atoms with Crippen LogP contribution in [0.25, 0.3) is 0 Å². The average molecular weight is 172 g/mol. The predicted molar refractivity (Wildman–Crippen MR) is 50.8 cm³/mol. The molecule has 2 heteroatoms. The number of hydrogen-bond acceptors (Lipinski definition) is 2. The zero-order chi connectivity index (χ0) is 9.72. The van der Waals surface area contributed by atoms with Crippen LogP contribution in [0.3, 0.4) is 0 Å². The third kappa shape index (κ3) is 5.05. The lowest BCUT2D eigenvalue weighted by molar-refractivity contribution is 0.0960. The summed E-state index contributed by atoms with van der Waals surface area (Å²) in [7, 11) is 0. The number of ether oxygens (including phenoxy) is 2. The van der Waals surface area contributed by atoms with Gasteiger partial charge in [0.05, 0.1) is 12.2 Å². The Labute approximate surface area is 75.6 Å². The molecule has 0 aliphatic heterocycles. The minimum absolute atomic E-state index is 0.218. The fraction of sp³-hybridized carbons (Fsp3) is 0.800. The molecule has 0 heterocycles. The summed E-state index contributed by atoms with van der Waals surface area (Å²) >= 11 is 0. The maximum absolute atomic E-state index is 5.47. The molecule has 0 aromatic carbocycles. The van der Waals surface area contributed by atoms with E-state index in [1.807, 2.05) is 41.5 Å². The van der Waals surface area contributed by atoms with Crippen molar-refractivity contribution >= 4 is 0 Å². The molecule has 0 fully saturated rings. The predicted octanol–water partition coefficient (Wildman–Crippen LogP) is 3.09. The van der Waals surface area contributed by atoms with Crippen LogP contribution in [0.5, 0.6) is 0 Å². The summed E-state index contributed by atoms with van der Waals surface area (Å²) in [6, 6.07) is 0. The first-order chi connectivity index (χ1) is 5.43. The molecule has 2 nitrogen and oxygen atoms in total. The fourth-order valence-corrected chi connectivity index (χ4v) is 0.873. The van der Waals surface area contributed by atoms with E-state index < -0.39 is 0 Å². The molecule has 0 saturated carbocycles. The largest absolute Gasteiger partial charge is 0.492 e. The van der Waals surface area contributed by atoms with Gasteiger partial charge in [0.1, 0.15) is 11.5 Å². The molecule has 0 radical (unpaired) electrons. The van der Waals surface area contributed by atoms with Gasteiger partial charge in [0.25, 0.3) is 0 Å². The van der Waals surface area contributed by atoms with Gasteiger partial charge in [-0.05, 0) is 41.5 Å². The third-order valence-electron chi connectivity index (χ3n) is 1.32. The quantitative estimate of drug-likeness (QED) is 0.607. The molecular formula is C10H20O2. The zero-order valence-corrected chi connectivity index (χ0v) is 8.97. The molecule has 0 bridgehead atoms. The van der Waals surface area contributed by atoms with Gasteiger partial charge in [0, 0.05) is 0 Å². The fourth-order valence-electron chi connectivity index (χ4n) is 0.873. The van der Waals surface area contributed by atoms with Crippen molar-refractivity contribution in [2.75, 3.05) is 0 Å². The van der Waals surface area contributed by atoms with E-state index in [4.69, 9.17) is 9.47 Å². The Kier molecular flexibility index (Phi) is 4.79. The van der Waals surface area contributed by atoms with Crippen molar-refractivity contribution in [2.24, 2.45) is 0 Å². The van der Waals surface area contributed by atoms with Gasteiger partial charge in [-0.2, -0.15) is 0 Å². The Morgan fingerprint density at radius 2 is 1.00 bits per heavy atom. The average Bonchev–Trinajstić information content (AvgIpc) is 1.84. The highest BCUT2D eigenvalue weighted by Crippen LogP contribution is 2.10. The number of allylic oxidation sites excluding steroid dienone is 2. The van der Waals surface area contributed by atoms with E-state index >= 15 is 0 Å². The third-order valence-corrected chi connectivity index (χ3v) is 1.32. The van der Waals surface area contributed by atoms with Gasteiger partial charge in [-0.1, -0.05) is 0 Å². The van der Waals surface area contributed by atoms with Crippen LogP contribution < -0.4 is 0 Å². The lowest BCUT2D eigenvalue weighted by Crippen LogP contribution is -2.06. The van der Waals surface area contributed by atoms with Crippen LogP contribution in [0.2, 0.25) is 0 Å². The standard InChI is InChI=1S/C10H20O2/c1-7(2)11-9(5)10(6)12-8(3)4/h7-8H,1-6H3/b10-9+. The van der Waals surface area contributed by atoms with E-state index in [9.17, 15) is 0 Å². The van der Waals surface area contributed by atoms with Crippen molar-refractivity contribution in [3.63, 3.8) is 0 Å². The molecule has 0 N–H and O–H groups in total. The Bertz CT molecular complexity index is 139. The first kappa shape index (κ1) is 11.3. The molecule has 12 heavy (non-hydrogen) atoms. The molecule has 0 amide bonds. The molecule has 0 saturated heterocycles. The molecular weight excluding hydrogens is 152 g/mol. The lowest BCUT2D eigenvalue weighted by Gasteiger charge is -2.15. The summed E-state index contributed by atoms with van der Waals surface area (Å²) in [6.07, 6.45) is 0.437.